The third-order valence-electron chi connectivity index (χ3n) is 2.16. The average molecular weight is 305 g/mol. The molecule has 90 valence electrons. The first kappa shape index (κ1) is 13.7. The van der Waals surface area contributed by atoms with Crippen molar-refractivity contribution < 1.29 is 4.79 Å². The van der Waals surface area contributed by atoms with Gasteiger partial charge < -0.3 is 10.2 Å². The monoisotopic (exact) mass is 304 g/mol. The smallest absolute Gasteiger partial charge is 0.222 e. The molecule has 1 amide bonds. The predicted octanol–water partition coefficient (Wildman–Crippen LogP) is 2.47. The molecule has 0 aromatic carbocycles. The van der Waals surface area contributed by atoms with Gasteiger partial charge in [0.1, 0.15) is 0 Å². The second-order valence-corrected chi connectivity index (χ2v) is 5.71. The van der Waals surface area contributed by atoms with Gasteiger partial charge >= 0.3 is 0 Å². The van der Waals surface area contributed by atoms with Gasteiger partial charge in [-0.1, -0.05) is 0 Å². The topological polar surface area (TPSA) is 32.3 Å². The van der Waals surface area contributed by atoms with Gasteiger partial charge in [-0.3, -0.25) is 4.79 Å². The molecule has 0 spiro atoms. The van der Waals surface area contributed by atoms with E-state index in [-0.39, 0.29) is 5.91 Å². The molecule has 1 aromatic rings. The number of amides is 1. The number of rotatable bonds is 6. The summed E-state index contributed by atoms with van der Waals surface area (Å²) in [6.45, 7) is 1.77. The molecule has 1 N–H and O–H groups in total. The van der Waals surface area contributed by atoms with Gasteiger partial charge in [0.25, 0.3) is 0 Å². The van der Waals surface area contributed by atoms with E-state index in [1.165, 1.54) is 4.88 Å². The summed E-state index contributed by atoms with van der Waals surface area (Å²) in [4.78, 5) is 14.2. The quantitative estimate of drug-likeness (QED) is 0.819. The summed E-state index contributed by atoms with van der Waals surface area (Å²) in [6.07, 6.45) is 1.51. The minimum absolute atomic E-state index is 0.195. The first-order chi connectivity index (χ1) is 7.59. The van der Waals surface area contributed by atoms with Crippen molar-refractivity contribution in [3.8, 4) is 0 Å². The van der Waals surface area contributed by atoms with Crippen LogP contribution in [0.1, 0.15) is 17.7 Å². The highest BCUT2D eigenvalue weighted by molar-refractivity contribution is 9.10. The Bertz CT molecular complexity index is 338. The zero-order chi connectivity index (χ0) is 12.0. The molecule has 1 aromatic heterocycles. The maximum absolute atomic E-state index is 11.3. The van der Waals surface area contributed by atoms with Crippen LogP contribution in [-0.2, 0) is 11.3 Å². The molecule has 1 heterocycles. The van der Waals surface area contributed by atoms with Gasteiger partial charge in [-0.2, -0.15) is 0 Å². The SMILES string of the molecule is CN(C)C(=O)CCCNCc1cc(Br)cs1. The van der Waals surface area contributed by atoms with Crippen molar-refractivity contribution in [3.05, 3.63) is 20.8 Å². The number of carbonyl (C=O) groups excluding carboxylic acids is 1. The summed E-state index contributed by atoms with van der Waals surface area (Å²) in [5.74, 6) is 0.195. The van der Waals surface area contributed by atoms with Crippen LogP contribution in [0, 0.1) is 0 Å². The fourth-order valence-corrected chi connectivity index (χ4v) is 2.67. The molecule has 0 radical (unpaired) electrons. The van der Waals surface area contributed by atoms with E-state index < -0.39 is 0 Å². The fraction of sp³-hybridized carbons (Fsp3) is 0.545. The molecule has 5 heteroatoms. The standard InChI is InChI=1S/C11H17BrN2OS/c1-14(2)11(15)4-3-5-13-7-10-6-9(12)8-16-10/h6,8,13H,3-5,7H2,1-2H3. The van der Waals surface area contributed by atoms with Crippen LogP contribution in [0.4, 0.5) is 0 Å². The number of thiophene rings is 1. The molecular weight excluding hydrogens is 288 g/mol. The average Bonchev–Trinajstić information content (AvgIpc) is 2.63. The molecular formula is C11H17BrN2OS. The number of halogens is 1. The van der Waals surface area contributed by atoms with Crippen molar-refractivity contribution in [1.29, 1.82) is 0 Å². The zero-order valence-corrected chi connectivity index (χ0v) is 12.0. The molecule has 0 bridgehead atoms. The van der Waals surface area contributed by atoms with Crippen molar-refractivity contribution >= 4 is 33.2 Å². The molecule has 0 fully saturated rings. The molecule has 0 aliphatic rings. The molecule has 3 nitrogen and oxygen atoms in total. The third-order valence-corrected chi connectivity index (χ3v) is 3.86. The van der Waals surface area contributed by atoms with Gasteiger partial charge in [0.15, 0.2) is 0 Å². The van der Waals surface area contributed by atoms with Gasteiger partial charge in [0.2, 0.25) is 5.91 Å². The van der Waals surface area contributed by atoms with Gasteiger partial charge in [-0.15, -0.1) is 11.3 Å². The maximum atomic E-state index is 11.3. The molecule has 1 rings (SSSR count). The summed E-state index contributed by atoms with van der Waals surface area (Å²) in [7, 11) is 3.58. The molecule has 16 heavy (non-hydrogen) atoms. The highest BCUT2D eigenvalue weighted by Crippen LogP contribution is 2.19. The lowest BCUT2D eigenvalue weighted by atomic mass is 10.3. The number of nitrogens with one attached hydrogen (secondary N) is 1. The highest BCUT2D eigenvalue weighted by atomic mass is 79.9. The van der Waals surface area contributed by atoms with Crippen LogP contribution in [0.25, 0.3) is 0 Å². The van der Waals surface area contributed by atoms with Crippen LogP contribution in [0.2, 0.25) is 0 Å². The van der Waals surface area contributed by atoms with Gasteiger partial charge in [-0.05, 0) is 35.0 Å². The Labute approximate surface area is 109 Å². The van der Waals surface area contributed by atoms with Crippen molar-refractivity contribution in [2.45, 2.75) is 19.4 Å². The van der Waals surface area contributed by atoms with Crippen LogP contribution in [0.15, 0.2) is 15.9 Å². The number of nitrogens with zero attached hydrogens (tertiary/aromatic N) is 1. The van der Waals surface area contributed by atoms with Crippen LogP contribution in [-0.4, -0.2) is 31.4 Å². The Morgan fingerprint density at radius 3 is 2.88 bits per heavy atom. The molecule has 0 saturated heterocycles. The highest BCUT2D eigenvalue weighted by Gasteiger charge is 2.02. The first-order valence-corrected chi connectivity index (χ1v) is 6.90. The van der Waals surface area contributed by atoms with Crippen LogP contribution in [0.5, 0.6) is 0 Å². The second-order valence-electron chi connectivity index (χ2n) is 3.80. The minimum Gasteiger partial charge on any atom is -0.349 e. The maximum Gasteiger partial charge on any atom is 0.222 e. The van der Waals surface area contributed by atoms with Crippen LogP contribution < -0.4 is 5.32 Å². The Hall–Kier alpha value is -0.390. The van der Waals surface area contributed by atoms with E-state index >= 15 is 0 Å². The molecule has 0 aliphatic carbocycles. The van der Waals surface area contributed by atoms with Gasteiger partial charge in [0, 0.05) is 41.8 Å². The second kappa shape index (κ2) is 7.04. The molecule has 0 atom stereocenters. The zero-order valence-electron chi connectivity index (χ0n) is 9.62. The van der Waals surface area contributed by atoms with E-state index in [1.807, 2.05) is 0 Å². The minimum atomic E-state index is 0.195. The van der Waals surface area contributed by atoms with E-state index in [2.05, 4.69) is 32.7 Å². The number of hydrogen-bond acceptors (Lipinski definition) is 3. The summed E-state index contributed by atoms with van der Waals surface area (Å²) >= 11 is 5.16. The Morgan fingerprint density at radius 2 is 2.31 bits per heavy atom. The summed E-state index contributed by atoms with van der Waals surface area (Å²) < 4.78 is 1.14. The first-order valence-electron chi connectivity index (χ1n) is 5.23. The molecule has 0 unspecified atom stereocenters. The van der Waals surface area contributed by atoms with Crippen LogP contribution in [0.3, 0.4) is 0 Å². The van der Waals surface area contributed by atoms with Crippen molar-refractivity contribution in [2.24, 2.45) is 0 Å². The normalized spacial score (nSPS) is 10.4. The van der Waals surface area contributed by atoms with E-state index in [0.29, 0.717) is 6.42 Å². The summed E-state index contributed by atoms with van der Waals surface area (Å²) in [5.41, 5.74) is 0. The Morgan fingerprint density at radius 1 is 1.56 bits per heavy atom. The van der Waals surface area contributed by atoms with Crippen molar-refractivity contribution in [2.75, 3.05) is 20.6 Å². The lowest BCUT2D eigenvalue weighted by Gasteiger charge is -2.09. The van der Waals surface area contributed by atoms with E-state index in [0.717, 1.165) is 24.0 Å². The largest absolute Gasteiger partial charge is 0.349 e. The van der Waals surface area contributed by atoms with Crippen molar-refractivity contribution in [3.63, 3.8) is 0 Å². The van der Waals surface area contributed by atoms with Gasteiger partial charge in [-0.25, -0.2) is 0 Å². The van der Waals surface area contributed by atoms with E-state index in [1.54, 1.807) is 30.3 Å². The summed E-state index contributed by atoms with van der Waals surface area (Å²) in [5, 5.41) is 5.40. The van der Waals surface area contributed by atoms with Crippen LogP contribution >= 0.6 is 27.3 Å². The van der Waals surface area contributed by atoms with Gasteiger partial charge in [0.05, 0.1) is 0 Å². The van der Waals surface area contributed by atoms with Crippen molar-refractivity contribution in [1.82, 2.24) is 10.2 Å². The fourth-order valence-electron chi connectivity index (χ4n) is 1.25. The molecule has 0 saturated carbocycles. The Balaban J connectivity index is 2.06. The summed E-state index contributed by atoms with van der Waals surface area (Å²) in [6, 6.07) is 2.11. The number of hydrogen-bond donors (Lipinski definition) is 1. The van der Waals surface area contributed by atoms with E-state index in [9.17, 15) is 4.79 Å². The lowest BCUT2D eigenvalue weighted by Crippen LogP contribution is -2.23. The number of carbonyl (C=O) groups is 1. The third kappa shape index (κ3) is 5.09. The molecule has 0 aliphatic heterocycles. The predicted molar refractivity (Wildman–Crippen MR) is 71.7 cm³/mol. The van der Waals surface area contributed by atoms with E-state index in [4.69, 9.17) is 0 Å². The Kier molecular flexibility index (Phi) is 6.01. The lowest BCUT2D eigenvalue weighted by molar-refractivity contribution is -0.128.